The highest BCUT2D eigenvalue weighted by Crippen LogP contribution is 2.27. The lowest BCUT2D eigenvalue weighted by Crippen LogP contribution is -2.30. The molecule has 1 aromatic rings. The van der Waals surface area contributed by atoms with Crippen molar-refractivity contribution in [1.29, 1.82) is 0 Å². The van der Waals surface area contributed by atoms with Crippen LogP contribution in [-0.4, -0.2) is 42.2 Å². The molecule has 0 saturated heterocycles. The first kappa shape index (κ1) is 18.2. The fourth-order valence-electron chi connectivity index (χ4n) is 1.88. The molecule has 1 rings (SSSR count). The number of alkyl halides is 3. The van der Waals surface area contributed by atoms with E-state index in [-0.39, 0.29) is 5.84 Å². The minimum absolute atomic E-state index is 0.242. The Balaban J connectivity index is 3.24. The largest absolute Gasteiger partial charge is 0.433 e. The Morgan fingerprint density at radius 2 is 1.91 bits per heavy atom. The quantitative estimate of drug-likeness (QED) is 0.643. The van der Waals surface area contributed by atoms with Gasteiger partial charge in [0.25, 0.3) is 0 Å². The number of unbranched alkanes of at least 4 members (excludes halogenated alkanes) is 1. The fraction of sp³-hybridized carbons (Fsp3) is 0.438. The third kappa shape index (κ3) is 5.52. The molecule has 122 valence electrons. The monoisotopic (exact) mass is 314 g/mol. The zero-order chi connectivity index (χ0) is 16.6. The average Bonchev–Trinajstić information content (AvgIpc) is 2.48. The second kappa shape index (κ2) is 8.58. The van der Waals surface area contributed by atoms with Crippen LogP contribution in [-0.2, 0) is 0 Å². The maximum Gasteiger partial charge on any atom is 0.433 e. The number of halogens is 3. The van der Waals surface area contributed by atoms with Gasteiger partial charge in [-0.3, -0.25) is 0 Å². The lowest BCUT2D eigenvalue weighted by Gasteiger charge is -2.22. The van der Waals surface area contributed by atoms with Crippen molar-refractivity contribution >= 4 is 5.84 Å². The molecule has 0 bridgehead atoms. The molecule has 0 aromatic heterocycles. The highest BCUT2D eigenvalue weighted by molar-refractivity contribution is 5.99. The Bertz CT molecular complexity index is 510. The molecular weight excluding hydrogens is 293 g/mol. The number of rotatable bonds is 6. The van der Waals surface area contributed by atoms with E-state index in [9.17, 15) is 13.2 Å². The van der Waals surface area contributed by atoms with Crippen molar-refractivity contribution in [2.75, 3.05) is 20.2 Å². The molecule has 0 aliphatic carbocycles. The van der Waals surface area contributed by atoms with Gasteiger partial charge in [0.05, 0.1) is 6.61 Å². The molecule has 1 aromatic carbocycles. The Kier molecular flexibility index (Phi) is 7.11. The molecule has 0 unspecified atom stereocenters. The summed E-state index contributed by atoms with van der Waals surface area (Å²) in [7, 11) is 1.72. The van der Waals surface area contributed by atoms with Gasteiger partial charge in [0.15, 0.2) is 0 Å². The fourth-order valence-corrected chi connectivity index (χ4v) is 1.88. The first-order valence-corrected chi connectivity index (χ1v) is 7.13. The van der Waals surface area contributed by atoms with Crippen LogP contribution in [0.25, 0.3) is 0 Å². The molecule has 22 heavy (non-hydrogen) atoms. The van der Waals surface area contributed by atoms with Crippen molar-refractivity contribution < 1.29 is 18.3 Å². The predicted octanol–water partition coefficient (Wildman–Crippen LogP) is 3.60. The van der Waals surface area contributed by atoms with Crippen LogP contribution in [0.2, 0.25) is 0 Å². The van der Waals surface area contributed by atoms with Crippen molar-refractivity contribution in [3.05, 3.63) is 47.7 Å². The van der Waals surface area contributed by atoms with E-state index in [4.69, 9.17) is 5.11 Å². The van der Waals surface area contributed by atoms with Crippen molar-refractivity contribution in [2.45, 2.75) is 25.9 Å². The van der Waals surface area contributed by atoms with Crippen LogP contribution in [0, 0.1) is 0 Å². The van der Waals surface area contributed by atoms with Gasteiger partial charge in [0, 0.05) is 19.2 Å². The molecule has 1 N–H and O–H groups in total. The molecule has 0 radical (unpaired) electrons. The van der Waals surface area contributed by atoms with Crippen molar-refractivity contribution in [2.24, 2.45) is 4.99 Å². The summed E-state index contributed by atoms with van der Waals surface area (Å²) in [6, 6.07) is 8.73. The van der Waals surface area contributed by atoms with Crippen LogP contribution < -0.4 is 0 Å². The predicted molar refractivity (Wildman–Crippen MR) is 81.7 cm³/mol. The summed E-state index contributed by atoms with van der Waals surface area (Å²) < 4.78 is 39.0. The molecule has 6 heteroatoms. The number of hydrogen-bond donors (Lipinski definition) is 1. The number of hydrogen-bond acceptors (Lipinski definition) is 2. The smallest absolute Gasteiger partial charge is 0.392 e. The summed E-state index contributed by atoms with van der Waals surface area (Å²) in [5, 5.41) is 8.80. The molecule has 0 amide bonds. The van der Waals surface area contributed by atoms with Crippen LogP contribution in [0.4, 0.5) is 13.2 Å². The Morgan fingerprint density at radius 1 is 1.27 bits per heavy atom. The summed E-state index contributed by atoms with van der Waals surface area (Å²) in [4.78, 5) is 5.48. The van der Waals surface area contributed by atoms with Crippen LogP contribution in [0.15, 0.2) is 47.1 Å². The first-order chi connectivity index (χ1) is 10.4. The van der Waals surface area contributed by atoms with Crippen LogP contribution in [0.1, 0.15) is 25.3 Å². The number of aliphatic hydroxyl groups excluding tert-OH is 1. The van der Waals surface area contributed by atoms with E-state index in [1.807, 2.05) is 6.92 Å². The lowest BCUT2D eigenvalue weighted by molar-refractivity contribution is -0.0928. The summed E-state index contributed by atoms with van der Waals surface area (Å²) >= 11 is 0. The second-order valence-electron chi connectivity index (χ2n) is 4.85. The number of aliphatic imine (C=N–C) groups is 1. The summed E-state index contributed by atoms with van der Waals surface area (Å²) in [6.45, 7) is 1.91. The van der Waals surface area contributed by atoms with Gasteiger partial charge in [-0.2, -0.15) is 13.2 Å². The molecule has 0 aliphatic heterocycles. The molecule has 0 heterocycles. The van der Waals surface area contributed by atoms with E-state index in [0.717, 1.165) is 12.8 Å². The molecule has 0 atom stereocenters. The maximum atomic E-state index is 13.0. The minimum atomic E-state index is -4.60. The van der Waals surface area contributed by atoms with Gasteiger partial charge in [-0.25, -0.2) is 4.99 Å². The number of allylic oxidation sites excluding steroid dienone is 1. The minimum Gasteiger partial charge on any atom is -0.392 e. The SMILES string of the molecule is CCCCN(C)C(=N/C(=C/CO)C(F)(F)F)c1ccccc1. The average molecular weight is 314 g/mol. The number of aliphatic hydroxyl groups is 1. The van der Waals surface area contributed by atoms with E-state index >= 15 is 0 Å². The zero-order valence-corrected chi connectivity index (χ0v) is 12.8. The normalized spacial score (nSPS) is 13.4. The Hall–Kier alpha value is -1.82. The summed E-state index contributed by atoms with van der Waals surface area (Å²) in [5.41, 5.74) is -0.480. The van der Waals surface area contributed by atoms with Gasteiger partial charge in [0.1, 0.15) is 11.5 Å². The van der Waals surface area contributed by atoms with E-state index in [2.05, 4.69) is 4.99 Å². The number of nitrogens with zero attached hydrogens (tertiary/aromatic N) is 2. The molecule has 0 fully saturated rings. The Labute approximate surface area is 128 Å². The zero-order valence-electron chi connectivity index (χ0n) is 12.8. The summed E-state index contributed by atoms with van der Waals surface area (Å²) in [5.74, 6) is 0.242. The van der Waals surface area contributed by atoms with Gasteiger partial charge in [-0.15, -0.1) is 0 Å². The number of benzene rings is 1. The van der Waals surface area contributed by atoms with Crippen LogP contribution in [0.5, 0.6) is 0 Å². The van der Waals surface area contributed by atoms with Crippen LogP contribution in [0.3, 0.4) is 0 Å². The highest BCUT2D eigenvalue weighted by atomic mass is 19.4. The van der Waals surface area contributed by atoms with Crippen molar-refractivity contribution in [3.63, 3.8) is 0 Å². The van der Waals surface area contributed by atoms with Gasteiger partial charge < -0.3 is 10.0 Å². The van der Waals surface area contributed by atoms with E-state index < -0.39 is 18.5 Å². The van der Waals surface area contributed by atoms with Gasteiger partial charge in [-0.1, -0.05) is 43.7 Å². The topological polar surface area (TPSA) is 35.8 Å². The third-order valence-corrected chi connectivity index (χ3v) is 3.04. The summed E-state index contributed by atoms with van der Waals surface area (Å²) in [6.07, 6.45) is -2.14. The highest BCUT2D eigenvalue weighted by Gasteiger charge is 2.34. The van der Waals surface area contributed by atoms with Crippen molar-refractivity contribution in [3.8, 4) is 0 Å². The molecular formula is C16H21F3N2O. The molecule has 3 nitrogen and oxygen atoms in total. The van der Waals surface area contributed by atoms with Gasteiger partial charge in [-0.05, 0) is 12.5 Å². The van der Waals surface area contributed by atoms with Crippen molar-refractivity contribution in [1.82, 2.24) is 4.90 Å². The lowest BCUT2D eigenvalue weighted by atomic mass is 10.2. The van der Waals surface area contributed by atoms with Gasteiger partial charge in [0.2, 0.25) is 0 Å². The first-order valence-electron chi connectivity index (χ1n) is 7.13. The Morgan fingerprint density at radius 3 is 2.41 bits per heavy atom. The maximum absolute atomic E-state index is 13.0. The van der Waals surface area contributed by atoms with Crippen LogP contribution >= 0.6 is 0 Å². The standard InChI is InChI=1S/C16H21F3N2O/c1-3-4-11-21(2)15(13-8-6-5-7-9-13)20-14(10-12-22)16(17,18)19/h5-10,22H,3-4,11-12H2,1-2H3/b14-10+,20-15?. The van der Waals surface area contributed by atoms with E-state index in [0.29, 0.717) is 18.2 Å². The second-order valence-corrected chi connectivity index (χ2v) is 4.85. The molecule has 0 saturated carbocycles. The van der Waals surface area contributed by atoms with E-state index in [1.54, 1.807) is 42.3 Å². The molecule has 0 spiro atoms. The van der Waals surface area contributed by atoms with Gasteiger partial charge >= 0.3 is 6.18 Å². The number of amidine groups is 1. The van der Waals surface area contributed by atoms with E-state index in [1.165, 1.54) is 0 Å². The molecule has 0 aliphatic rings. The third-order valence-electron chi connectivity index (χ3n) is 3.04.